The third-order valence-corrected chi connectivity index (χ3v) is 6.45. The summed E-state index contributed by atoms with van der Waals surface area (Å²) < 4.78 is 1.94. The van der Waals surface area contributed by atoms with Gasteiger partial charge in [-0.05, 0) is 55.7 Å². The van der Waals surface area contributed by atoms with Crippen LogP contribution in [0.2, 0.25) is 0 Å². The van der Waals surface area contributed by atoms with Crippen molar-refractivity contribution >= 4 is 28.3 Å². The summed E-state index contributed by atoms with van der Waals surface area (Å²) in [5.74, 6) is 0.720. The van der Waals surface area contributed by atoms with Crippen LogP contribution < -0.4 is 10.7 Å². The summed E-state index contributed by atoms with van der Waals surface area (Å²) in [6, 6.07) is 23.0. The summed E-state index contributed by atoms with van der Waals surface area (Å²) in [5, 5.41) is 3.91. The van der Waals surface area contributed by atoms with E-state index in [2.05, 4.69) is 5.32 Å². The number of Topliss-reactive ketones (excluding diaryl/α,β-unsaturated/α-hetero) is 1. The number of hydrogen-bond acceptors (Lipinski definition) is 4. The molecule has 1 fully saturated rings. The third-order valence-electron chi connectivity index (χ3n) is 6.45. The summed E-state index contributed by atoms with van der Waals surface area (Å²) in [7, 11) is 0. The molecule has 0 unspecified atom stereocenters. The summed E-state index contributed by atoms with van der Waals surface area (Å²) in [4.78, 5) is 31.4. The number of hydrogen-bond donors (Lipinski definition) is 1. The van der Waals surface area contributed by atoms with E-state index in [0.29, 0.717) is 22.5 Å². The third kappa shape index (κ3) is 4.19. The van der Waals surface area contributed by atoms with E-state index in [1.54, 1.807) is 12.1 Å². The largest absolute Gasteiger partial charge is 0.341 e. The highest BCUT2D eigenvalue weighted by molar-refractivity contribution is 5.99. The number of benzene rings is 2. The molecule has 5 rings (SSSR count). The average Bonchev–Trinajstić information content (AvgIpc) is 2.85. The van der Waals surface area contributed by atoms with Gasteiger partial charge in [0.15, 0.2) is 16.9 Å². The van der Waals surface area contributed by atoms with Gasteiger partial charge < -0.3 is 5.32 Å². The second kappa shape index (κ2) is 9.02. The molecule has 0 saturated heterocycles. The Morgan fingerprint density at radius 1 is 0.939 bits per heavy atom. The molecule has 1 aliphatic rings. The van der Waals surface area contributed by atoms with Crippen molar-refractivity contribution in [3.63, 3.8) is 0 Å². The van der Waals surface area contributed by atoms with Gasteiger partial charge in [-0.25, -0.2) is 4.98 Å². The maximum absolute atomic E-state index is 13.3. The summed E-state index contributed by atoms with van der Waals surface area (Å²) >= 11 is 0. The maximum atomic E-state index is 13.3. The van der Waals surface area contributed by atoms with Gasteiger partial charge >= 0.3 is 0 Å². The zero-order valence-electron chi connectivity index (χ0n) is 18.8. The number of ketones is 1. The standard InChI is InChI=1S/C28H27N3O2/c1-19-17-23(27(33)20-11-5-2-6-12-20)30-28-26(19)24(32)18-25(29-21-13-7-3-8-14-21)31(28)22-15-9-4-10-16-22/h3-4,7-10,13-18,20,29H,2,5-6,11-12H2,1H3. The number of rotatable bonds is 5. The monoisotopic (exact) mass is 437 g/mol. The second-order valence-corrected chi connectivity index (χ2v) is 8.78. The van der Waals surface area contributed by atoms with Crippen LogP contribution in [0.25, 0.3) is 16.7 Å². The summed E-state index contributed by atoms with van der Waals surface area (Å²) in [6.45, 7) is 1.89. The van der Waals surface area contributed by atoms with E-state index in [0.717, 1.165) is 42.6 Å². The molecule has 2 aromatic carbocycles. The molecular formula is C28H27N3O2. The minimum atomic E-state index is -0.114. The SMILES string of the molecule is Cc1cc(C(=O)C2CCCCC2)nc2c1c(=O)cc(Nc1ccccc1)n2-c1ccccc1. The molecule has 2 heterocycles. The van der Waals surface area contributed by atoms with Crippen LogP contribution in [-0.2, 0) is 0 Å². The van der Waals surface area contributed by atoms with Gasteiger partial charge in [0.2, 0.25) is 0 Å². The Morgan fingerprint density at radius 2 is 1.61 bits per heavy atom. The quantitative estimate of drug-likeness (QED) is 0.378. The van der Waals surface area contributed by atoms with Gasteiger partial charge in [-0.15, -0.1) is 0 Å². The highest BCUT2D eigenvalue weighted by Gasteiger charge is 2.25. The van der Waals surface area contributed by atoms with Crippen LogP contribution in [0.1, 0.15) is 48.2 Å². The molecule has 0 amide bonds. The number of pyridine rings is 2. The van der Waals surface area contributed by atoms with Gasteiger partial charge in [0.25, 0.3) is 0 Å². The van der Waals surface area contributed by atoms with Gasteiger partial charge in [0.05, 0.1) is 5.39 Å². The number of aromatic nitrogens is 2. The predicted molar refractivity (Wildman–Crippen MR) is 133 cm³/mol. The lowest BCUT2D eigenvalue weighted by molar-refractivity contribution is 0.0884. The van der Waals surface area contributed by atoms with Gasteiger partial charge in [-0.2, -0.15) is 0 Å². The van der Waals surface area contributed by atoms with E-state index in [1.807, 2.05) is 72.2 Å². The lowest BCUT2D eigenvalue weighted by Crippen LogP contribution is -2.21. The minimum absolute atomic E-state index is 0.0191. The molecule has 33 heavy (non-hydrogen) atoms. The van der Waals surface area contributed by atoms with Crippen molar-refractivity contribution in [3.8, 4) is 5.69 Å². The molecule has 166 valence electrons. The molecule has 1 saturated carbocycles. The fourth-order valence-corrected chi connectivity index (χ4v) is 4.80. The van der Waals surface area contributed by atoms with Crippen molar-refractivity contribution in [2.24, 2.45) is 5.92 Å². The topological polar surface area (TPSA) is 64.0 Å². The Bertz CT molecular complexity index is 1360. The van der Waals surface area contributed by atoms with Crippen LogP contribution in [0.4, 0.5) is 11.5 Å². The fraction of sp³-hybridized carbons (Fsp3) is 0.250. The summed E-state index contributed by atoms with van der Waals surface area (Å²) in [6.07, 6.45) is 5.19. The van der Waals surface area contributed by atoms with Crippen LogP contribution in [0.3, 0.4) is 0 Å². The second-order valence-electron chi connectivity index (χ2n) is 8.78. The summed E-state index contributed by atoms with van der Waals surface area (Å²) in [5.41, 5.74) is 3.36. The first-order chi connectivity index (χ1) is 16.1. The van der Waals surface area contributed by atoms with Crippen LogP contribution in [0.15, 0.2) is 77.6 Å². The maximum Gasteiger partial charge on any atom is 0.193 e. The Morgan fingerprint density at radius 3 is 2.30 bits per heavy atom. The van der Waals surface area contributed by atoms with Crippen molar-refractivity contribution in [1.82, 2.24) is 9.55 Å². The number of anilines is 2. The van der Waals surface area contributed by atoms with E-state index in [4.69, 9.17) is 4.98 Å². The zero-order chi connectivity index (χ0) is 22.8. The average molecular weight is 438 g/mol. The minimum Gasteiger partial charge on any atom is -0.341 e. The Kier molecular flexibility index (Phi) is 5.78. The van der Waals surface area contributed by atoms with Gasteiger partial charge in [-0.3, -0.25) is 14.2 Å². The van der Waals surface area contributed by atoms with Crippen molar-refractivity contribution in [3.05, 3.63) is 94.3 Å². The molecule has 0 radical (unpaired) electrons. The van der Waals surface area contributed by atoms with Gasteiger partial charge in [-0.1, -0.05) is 55.7 Å². The highest BCUT2D eigenvalue weighted by Crippen LogP contribution is 2.29. The van der Waals surface area contributed by atoms with Crippen molar-refractivity contribution in [2.75, 3.05) is 5.32 Å². The van der Waals surface area contributed by atoms with E-state index >= 15 is 0 Å². The molecule has 0 spiro atoms. The molecule has 1 N–H and O–H groups in total. The zero-order valence-corrected chi connectivity index (χ0v) is 18.8. The molecule has 4 aromatic rings. The van der Waals surface area contributed by atoms with Crippen LogP contribution in [-0.4, -0.2) is 15.3 Å². The highest BCUT2D eigenvalue weighted by atomic mass is 16.1. The molecule has 0 bridgehead atoms. The molecule has 5 nitrogen and oxygen atoms in total. The Balaban J connectivity index is 1.74. The number of nitrogens with zero attached hydrogens (tertiary/aromatic N) is 2. The Labute approximate surface area is 193 Å². The molecule has 0 aliphatic heterocycles. The van der Waals surface area contributed by atoms with Crippen LogP contribution in [0, 0.1) is 12.8 Å². The molecule has 5 heteroatoms. The van der Waals surface area contributed by atoms with Gasteiger partial charge in [0, 0.05) is 23.4 Å². The number of nitrogens with one attached hydrogen (secondary N) is 1. The van der Waals surface area contributed by atoms with Crippen LogP contribution >= 0.6 is 0 Å². The van der Waals surface area contributed by atoms with E-state index in [-0.39, 0.29) is 17.1 Å². The number of carbonyl (C=O) groups is 1. The van der Waals surface area contributed by atoms with Crippen molar-refractivity contribution in [1.29, 1.82) is 0 Å². The molecule has 2 aromatic heterocycles. The lowest BCUT2D eigenvalue weighted by atomic mass is 9.85. The first-order valence-corrected chi connectivity index (χ1v) is 11.6. The Hall–Kier alpha value is -3.73. The molecule has 1 aliphatic carbocycles. The van der Waals surface area contributed by atoms with Crippen molar-refractivity contribution < 1.29 is 4.79 Å². The van der Waals surface area contributed by atoms with E-state index < -0.39 is 0 Å². The first-order valence-electron chi connectivity index (χ1n) is 11.6. The molecule has 0 atom stereocenters. The van der Waals surface area contributed by atoms with Crippen LogP contribution in [0.5, 0.6) is 0 Å². The number of aryl methyl sites for hydroxylation is 1. The number of fused-ring (bicyclic) bond motifs is 1. The normalized spacial score (nSPS) is 14.3. The first kappa shape index (κ1) is 21.1. The predicted octanol–water partition coefficient (Wildman–Crippen LogP) is 6.20. The van der Waals surface area contributed by atoms with E-state index in [9.17, 15) is 9.59 Å². The molecular weight excluding hydrogens is 410 g/mol. The smallest absolute Gasteiger partial charge is 0.193 e. The lowest BCUT2D eigenvalue weighted by Gasteiger charge is -2.21. The number of para-hydroxylation sites is 2. The number of carbonyl (C=O) groups excluding carboxylic acids is 1. The van der Waals surface area contributed by atoms with Crippen molar-refractivity contribution in [2.45, 2.75) is 39.0 Å². The van der Waals surface area contributed by atoms with Gasteiger partial charge in [0.1, 0.15) is 11.5 Å². The van der Waals surface area contributed by atoms with E-state index in [1.165, 1.54) is 6.42 Å². The fourth-order valence-electron chi connectivity index (χ4n) is 4.80.